The van der Waals surface area contributed by atoms with Crippen molar-refractivity contribution in [3.8, 4) is 5.69 Å². The molecule has 0 aliphatic rings. The topological polar surface area (TPSA) is 92.7 Å². The van der Waals surface area contributed by atoms with Gasteiger partial charge in [0.2, 0.25) is 5.91 Å². The lowest BCUT2D eigenvalue weighted by Crippen LogP contribution is -2.22. The second-order valence-corrected chi connectivity index (χ2v) is 6.65. The van der Waals surface area contributed by atoms with Gasteiger partial charge in [-0.1, -0.05) is 48.2 Å². The SMILES string of the molecule is O=C(CSc1nc2[nH]ncc2c(=O)n1-c1ccccc1)Nc1ccccc1. The van der Waals surface area contributed by atoms with Crippen molar-refractivity contribution in [1.29, 1.82) is 0 Å². The molecule has 2 heterocycles. The molecule has 0 unspecified atom stereocenters. The lowest BCUT2D eigenvalue weighted by Gasteiger charge is -2.11. The number of aromatic amines is 1. The number of H-pyrrole nitrogens is 1. The number of fused-ring (bicyclic) bond motifs is 1. The Balaban J connectivity index is 1.64. The highest BCUT2D eigenvalue weighted by Gasteiger charge is 2.15. The van der Waals surface area contributed by atoms with Crippen LogP contribution in [0.25, 0.3) is 16.7 Å². The normalized spacial score (nSPS) is 10.8. The highest BCUT2D eigenvalue weighted by molar-refractivity contribution is 7.99. The van der Waals surface area contributed by atoms with Crippen molar-refractivity contribution in [1.82, 2.24) is 19.7 Å². The molecule has 7 nitrogen and oxygen atoms in total. The Morgan fingerprint density at radius 3 is 2.52 bits per heavy atom. The zero-order valence-corrected chi connectivity index (χ0v) is 14.9. The fourth-order valence-electron chi connectivity index (χ4n) is 2.62. The van der Waals surface area contributed by atoms with Crippen molar-refractivity contribution in [2.75, 3.05) is 11.1 Å². The van der Waals surface area contributed by atoms with Gasteiger partial charge in [0.15, 0.2) is 10.8 Å². The number of para-hydroxylation sites is 2. The smallest absolute Gasteiger partial charge is 0.269 e. The predicted octanol–water partition coefficient (Wildman–Crippen LogP) is 2.84. The summed E-state index contributed by atoms with van der Waals surface area (Å²) < 4.78 is 1.50. The molecule has 0 radical (unpaired) electrons. The number of rotatable bonds is 5. The van der Waals surface area contributed by atoms with Crippen molar-refractivity contribution in [2.24, 2.45) is 0 Å². The third kappa shape index (κ3) is 3.61. The first-order chi connectivity index (χ1) is 13.2. The van der Waals surface area contributed by atoms with Crippen molar-refractivity contribution >= 4 is 34.4 Å². The van der Waals surface area contributed by atoms with E-state index in [4.69, 9.17) is 0 Å². The number of thioether (sulfide) groups is 1. The summed E-state index contributed by atoms with van der Waals surface area (Å²) >= 11 is 1.19. The van der Waals surface area contributed by atoms with Gasteiger partial charge >= 0.3 is 0 Å². The summed E-state index contributed by atoms with van der Waals surface area (Å²) in [6.07, 6.45) is 1.46. The minimum absolute atomic E-state index is 0.119. The Hall–Kier alpha value is -3.39. The van der Waals surface area contributed by atoms with Gasteiger partial charge in [-0.15, -0.1) is 0 Å². The number of nitrogens with one attached hydrogen (secondary N) is 2. The van der Waals surface area contributed by atoms with Crippen molar-refractivity contribution in [3.05, 3.63) is 77.2 Å². The Bertz CT molecular complexity index is 1140. The highest BCUT2D eigenvalue weighted by atomic mass is 32.2. The van der Waals surface area contributed by atoms with Gasteiger partial charge in [-0.25, -0.2) is 4.98 Å². The summed E-state index contributed by atoms with van der Waals surface area (Å²) in [5.74, 6) is -0.0573. The van der Waals surface area contributed by atoms with Gasteiger partial charge in [-0.05, 0) is 24.3 Å². The molecule has 0 atom stereocenters. The van der Waals surface area contributed by atoms with E-state index < -0.39 is 0 Å². The first-order valence-electron chi connectivity index (χ1n) is 8.21. The molecule has 0 saturated heterocycles. The third-order valence-corrected chi connectivity index (χ3v) is 4.79. The molecule has 0 saturated carbocycles. The van der Waals surface area contributed by atoms with E-state index in [1.807, 2.05) is 60.7 Å². The summed E-state index contributed by atoms with van der Waals surface area (Å²) in [6.45, 7) is 0. The van der Waals surface area contributed by atoms with Crippen molar-refractivity contribution in [2.45, 2.75) is 5.16 Å². The monoisotopic (exact) mass is 377 g/mol. The zero-order chi connectivity index (χ0) is 18.6. The van der Waals surface area contributed by atoms with E-state index in [0.29, 0.717) is 21.9 Å². The minimum atomic E-state index is -0.231. The minimum Gasteiger partial charge on any atom is -0.325 e. The molecule has 0 aliphatic heterocycles. The van der Waals surface area contributed by atoms with Crippen LogP contribution in [0.5, 0.6) is 0 Å². The number of carbonyl (C=O) groups excluding carboxylic acids is 1. The van der Waals surface area contributed by atoms with Crippen LogP contribution in [0.15, 0.2) is 76.8 Å². The highest BCUT2D eigenvalue weighted by Crippen LogP contribution is 2.20. The summed E-state index contributed by atoms with van der Waals surface area (Å²) in [7, 11) is 0. The molecular weight excluding hydrogens is 362 g/mol. The standard InChI is InChI=1S/C19H15N5O2S/c25-16(21-13-7-3-1-4-8-13)12-27-19-22-17-15(11-20-23-17)18(26)24(19)14-9-5-2-6-10-14/h1-11H,12H2,(H,20,23)(H,21,25). The summed E-state index contributed by atoms with van der Waals surface area (Å²) in [4.78, 5) is 29.6. The molecule has 2 aromatic heterocycles. The molecule has 27 heavy (non-hydrogen) atoms. The fourth-order valence-corrected chi connectivity index (χ4v) is 3.43. The molecule has 4 rings (SSSR count). The van der Waals surface area contributed by atoms with Crippen LogP contribution in [0, 0.1) is 0 Å². The molecule has 0 bridgehead atoms. The van der Waals surface area contributed by atoms with E-state index in [-0.39, 0.29) is 17.2 Å². The molecule has 0 spiro atoms. The van der Waals surface area contributed by atoms with E-state index in [1.165, 1.54) is 22.5 Å². The maximum atomic E-state index is 12.9. The van der Waals surface area contributed by atoms with Crippen LogP contribution in [0.3, 0.4) is 0 Å². The van der Waals surface area contributed by atoms with Crippen LogP contribution in [0.1, 0.15) is 0 Å². The summed E-state index contributed by atoms with van der Waals surface area (Å²) in [5.41, 5.74) is 1.58. The number of aromatic nitrogens is 4. The predicted molar refractivity (Wildman–Crippen MR) is 105 cm³/mol. The Labute approximate surface area is 158 Å². The summed E-state index contributed by atoms with van der Waals surface area (Å²) in [6, 6.07) is 18.4. The van der Waals surface area contributed by atoms with Gasteiger partial charge < -0.3 is 5.32 Å². The largest absolute Gasteiger partial charge is 0.325 e. The molecule has 4 aromatic rings. The average Bonchev–Trinajstić information content (AvgIpc) is 3.17. The van der Waals surface area contributed by atoms with Crippen LogP contribution >= 0.6 is 11.8 Å². The molecule has 1 amide bonds. The lowest BCUT2D eigenvalue weighted by atomic mass is 10.3. The van der Waals surface area contributed by atoms with E-state index >= 15 is 0 Å². The van der Waals surface area contributed by atoms with Crippen LogP contribution in [-0.2, 0) is 4.79 Å². The Morgan fingerprint density at radius 1 is 1.07 bits per heavy atom. The van der Waals surface area contributed by atoms with Gasteiger partial charge in [0.05, 0.1) is 17.6 Å². The van der Waals surface area contributed by atoms with E-state index in [1.54, 1.807) is 0 Å². The van der Waals surface area contributed by atoms with Crippen LogP contribution < -0.4 is 10.9 Å². The number of carbonyl (C=O) groups is 1. The van der Waals surface area contributed by atoms with Gasteiger partial charge in [-0.3, -0.25) is 19.3 Å². The van der Waals surface area contributed by atoms with E-state index in [0.717, 1.165) is 5.69 Å². The number of benzene rings is 2. The maximum Gasteiger partial charge on any atom is 0.269 e. The molecule has 2 N–H and O–H groups in total. The van der Waals surface area contributed by atoms with Gasteiger partial charge in [-0.2, -0.15) is 5.10 Å². The Kier molecular flexibility index (Phi) is 4.71. The molecular formula is C19H15N5O2S. The fraction of sp³-hybridized carbons (Fsp3) is 0.0526. The number of hydrogen-bond donors (Lipinski definition) is 2. The number of nitrogens with zero attached hydrogens (tertiary/aromatic N) is 3. The second kappa shape index (κ2) is 7.46. The Morgan fingerprint density at radius 2 is 1.78 bits per heavy atom. The number of anilines is 1. The third-order valence-electron chi connectivity index (χ3n) is 3.86. The van der Waals surface area contributed by atoms with E-state index in [9.17, 15) is 9.59 Å². The first kappa shape index (κ1) is 17.0. The second-order valence-electron chi connectivity index (χ2n) is 5.71. The quantitative estimate of drug-likeness (QED) is 0.412. The lowest BCUT2D eigenvalue weighted by molar-refractivity contribution is -0.113. The molecule has 0 fully saturated rings. The summed E-state index contributed by atoms with van der Waals surface area (Å²) in [5, 5.41) is 10.3. The molecule has 8 heteroatoms. The van der Waals surface area contributed by atoms with Crippen LogP contribution in [-0.4, -0.2) is 31.4 Å². The van der Waals surface area contributed by atoms with Crippen LogP contribution in [0.2, 0.25) is 0 Å². The average molecular weight is 377 g/mol. The van der Waals surface area contributed by atoms with Gasteiger partial charge in [0.1, 0.15) is 5.39 Å². The van der Waals surface area contributed by atoms with Crippen molar-refractivity contribution < 1.29 is 4.79 Å². The molecule has 0 aliphatic carbocycles. The zero-order valence-electron chi connectivity index (χ0n) is 14.1. The molecule has 2 aromatic carbocycles. The van der Waals surface area contributed by atoms with Crippen LogP contribution in [0.4, 0.5) is 5.69 Å². The number of amides is 1. The molecule has 134 valence electrons. The maximum absolute atomic E-state index is 12.9. The van der Waals surface area contributed by atoms with E-state index in [2.05, 4.69) is 20.5 Å². The van der Waals surface area contributed by atoms with Gasteiger partial charge in [0.25, 0.3) is 5.56 Å². The first-order valence-corrected chi connectivity index (χ1v) is 9.20. The van der Waals surface area contributed by atoms with Crippen molar-refractivity contribution in [3.63, 3.8) is 0 Å². The van der Waals surface area contributed by atoms with Gasteiger partial charge in [0, 0.05) is 5.69 Å². The number of hydrogen-bond acceptors (Lipinski definition) is 5.